The first-order valence-electron chi connectivity index (χ1n) is 17.2. The monoisotopic (exact) mass is 836 g/mol. The van der Waals surface area contributed by atoms with Crippen LogP contribution in [0.4, 0.5) is 0 Å². The summed E-state index contributed by atoms with van der Waals surface area (Å²) in [5, 5.41) is 6.15. The van der Waals surface area contributed by atoms with Crippen molar-refractivity contribution in [2.24, 2.45) is 0 Å². The number of hydrogen-bond donors (Lipinski definition) is 0. The molecule has 0 bridgehead atoms. The van der Waals surface area contributed by atoms with Gasteiger partial charge in [0.2, 0.25) is 0 Å². The molecule has 0 radical (unpaired) electrons. The van der Waals surface area contributed by atoms with Crippen LogP contribution in [-0.2, 0) is 41.5 Å². The van der Waals surface area contributed by atoms with Gasteiger partial charge in [0.05, 0.1) is 0 Å². The fraction of sp³-hybridized carbons (Fsp3) is 0.213. The molecule has 0 spiro atoms. The maximum Gasteiger partial charge on any atom is -0.109 e. The molecule has 0 atom stereocenters. The Kier molecular flexibility index (Phi) is 14.2. The van der Waals surface area contributed by atoms with Crippen molar-refractivity contribution in [3.8, 4) is 11.1 Å². The van der Waals surface area contributed by atoms with Crippen molar-refractivity contribution >= 4 is 48.0 Å². The Morgan fingerprint density at radius 1 is 0.635 bits per heavy atom. The molecule has 5 heteroatoms. The number of hydrogen-bond acceptors (Lipinski definition) is 0. The van der Waals surface area contributed by atoms with E-state index in [0.717, 1.165) is 33.7 Å². The van der Waals surface area contributed by atoms with Gasteiger partial charge in [-0.15, -0.1) is 17.5 Å². The summed E-state index contributed by atoms with van der Waals surface area (Å²) in [5.74, 6) is 0. The van der Waals surface area contributed by atoms with E-state index in [1.54, 1.807) is 0 Å². The molecule has 264 valence electrons. The molecule has 6 aromatic rings. The van der Waals surface area contributed by atoms with E-state index in [-0.39, 0.29) is 35.6 Å². The van der Waals surface area contributed by atoms with Crippen molar-refractivity contribution in [3.63, 3.8) is 0 Å². The summed E-state index contributed by atoms with van der Waals surface area (Å²) in [7, 11) is 0. The van der Waals surface area contributed by atoms with Crippen molar-refractivity contribution in [2.75, 3.05) is 0 Å². The van der Waals surface area contributed by atoms with E-state index in [1.165, 1.54) is 82.7 Å². The van der Waals surface area contributed by atoms with E-state index in [9.17, 15) is 0 Å². The van der Waals surface area contributed by atoms with Gasteiger partial charge in [-0.3, -0.25) is 6.08 Å². The quantitative estimate of drug-likeness (QED) is 0.160. The number of fused-ring (bicyclic) bond motifs is 5. The maximum absolute atomic E-state index is 6.38. The Hall–Kier alpha value is -2.77. The van der Waals surface area contributed by atoms with Gasteiger partial charge in [0, 0.05) is 0 Å². The first-order chi connectivity index (χ1) is 23.8. The van der Waals surface area contributed by atoms with Gasteiger partial charge < -0.3 is 24.8 Å². The van der Waals surface area contributed by atoms with Crippen molar-refractivity contribution in [3.05, 3.63) is 177 Å². The van der Waals surface area contributed by atoms with Gasteiger partial charge in [-0.25, -0.2) is 12.2 Å². The van der Waals surface area contributed by atoms with E-state index >= 15 is 0 Å². The molecule has 0 N–H and O–H groups in total. The SMILES string of the molecule is CC(C)(C)c1[c-]c2c(cc1)-c1ccc(C(C)(C)C)cc1C2.Clc1cccc2c([C](=[Zr+2])c3cccc4c(Cl)cccc34)cccc12.[C-]1=CC=CC1.[Cl-].[Cl-]. The van der Waals surface area contributed by atoms with Crippen molar-refractivity contribution in [1.82, 2.24) is 0 Å². The smallest absolute Gasteiger partial charge is 0.109 e. The topological polar surface area (TPSA) is 0 Å². The molecular weight excluding hydrogens is 798 g/mol. The number of allylic oxidation sites excluding steroid dienone is 4. The van der Waals surface area contributed by atoms with Crippen LogP contribution in [0.1, 0.15) is 81.3 Å². The second kappa shape index (κ2) is 17.6. The summed E-state index contributed by atoms with van der Waals surface area (Å²) in [6.07, 6.45) is 11.0. The fourth-order valence-corrected chi connectivity index (χ4v) is 8.04. The number of halogens is 4. The van der Waals surface area contributed by atoms with E-state index in [4.69, 9.17) is 23.2 Å². The van der Waals surface area contributed by atoms with Crippen LogP contribution in [0.15, 0.2) is 121 Å². The predicted molar refractivity (Wildman–Crippen MR) is 214 cm³/mol. The summed E-state index contributed by atoms with van der Waals surface area (Å²) in [5.41, 5.74) is 11.2. The molecule has 0 saturated carbocycles. The fourth-order valence-electron chi connectivity index (χ4n) is 6.49. The zero-order valence-corrected chi connectivity index (χ0v) is 36.0. The molecule has 52 heavy (non-hydrogen) atoms. The molecule has 8 rings (SSSR count). The first kappa shape index (κ1) is 42.0. The van der Waals surface area contributed by atoms with E-state index < -0.39 is 0 Å². The van der Waals surface area contributed by atoms with Gasteiger partial charge >= 0.3 is 166 Å². The molecule has 0 heterocycles. The largest absolute Gasteiger partial charge is 1.00 e. The van der Waals surface area contributed by atoms with Gasteiger partial charge in [0.15, 0.2) is 0 Å². The number of rotatable bonds is 2. The molecule has 2 aliphatic rings. The third-order valence-corrected chi connectivity index (χ3v) is 11.3. The van der Waals surface area contributed by atoms with E-state index in [1.807, 2.05) is 36.4 Å². The molecule has 0 unspecified atom stereocenters. The first-order valence-corrected chi connectivity index (χ1v) is 19.2. The summed E-state index contributed by atoms with van der Waals surface area (Å²) in [4.78, 5) is 0. The predicted octanol–water partition coefficient (Wildman–Crippen LogP) is 7.38. The third-order valence-electron chi connectivity index (χ3n) is 9.33. The summed E-state index contributed by atoms with van der Waals surface area (Å²) in [6, 6.07) is 40.0. The second-order valence-electron chi connectivity index (χ2n) is 15.0. The normalized spacial score (nSPS) is 12.5. The molecule has 0 saturated heterocycles. The van der Waals surface area contributed by atoms with Gasteiger partial charge in [0.25, 0.3) is 0 Å². The summed E-state index contributed by atoms with van der Waals surface area (Å²) in [6.45, 7) is 13.6. The van der Waals surface area contributed by atoms with Crippen molar-refractivity contribution in [1.29, 1.82) is 0 Å². The molecule has 0 amide bonds. The molecule has 2 aliphatic carbocycles. The van der Waals surface area contributed by atoms with Gasteiger partial charge in [-0.1, -0.05) is 65.3 Å². The average Bonchev–Trinajstić information content (AvgIpc) is 3.79. The Labute approximate surface area is 347 Å². The summed E-state index contributed by atoms with van der Waals surface area (Å²) >= 11 is 14.1. The van der Waals surface area contributed by atoms with Crippen LogP contribution in [0.3, 0.4) is 0 Å². The standard InChI is InChI=1S/C21H12Cl2.C21H25.C5H5.2ClH.Zr/c22-20-11-3-7-16-14(5-1-9-18(16)20)13-15-6-2-10-19-17(15)8-4-12-21(19)23;1-20(2,3)16-7-9-18-14(12-16)11-15-13-17(21(4,5)6)8-10-19(15)18;1-2-4-5-3-1;;;/h1-12H;7-10,12H,11H2,1-6H3;1-3H,4H2;2*1H;/q;2*-1;;;+2/p-2. The Morgan fingerprint density at radius 2 is 1.17 bits per heavy atom. The average molecular weight is 840 g/mol. The molecule has 0 aromatic heterocycles. The Balaban J connectivity index is 0.000000199. The zero-order valence-electron chi connectivity index (χ0n) is 30.5. The second-order valence-corrected chi connectivity index (χ2v) is 17.0. The molecule has 0 fully saturated rings. The molecule has 6 aromatic carbocycles. The number of benzene rings is 6. The minimum atomic E-state index is 0. The minimum absolute atomic E-state index is 0. The Bertz CT molecular complexity index is 2120. The third kappa shape index (κ3) is 9.29. The van der Waals surface area contributed by atoms with Crippen molar-refractivity contribution in [2.45, 2.75) is 65.2 Å². The maximum atomic E-state index is 6.38. The van der Waals surface area contributed by atoms with Crippen LogP contribution in [0, 0.1) is 12.1 Å². The van der Waals surface area contributed by atoms with Crippen LogP contribution in [0.25, 0.3) is 32.7 Å². The van der Waals surface area contributed by atoms with Crippen molar-refractivity contribution < 1.29 is 49.0 Å². The molecule has 0 nitrogen and oxygen atoms in total. The van der Waals surface area contributed by atoms with Crippen LogP contribution >= 0.6 is 23.2 Å². The van der Waals surface area contributed by atoms with Gasteiger partial charge in [-0.05, 0) is 28.4 Å². The van der Waals surface area contributed by atoms with Gasteiger partial charge in [0.1, 0.15) is 0 Å². The van der Waals surface area contributed by atoms with Crippen LogP contribution in [-0.4, -0.2) is 3.21 Å². The van der Waals surface area contributed by atoms with Crippen LogP contribution in [0.2, 0.25) is 10.0 Å². The van der Waals surface area contributed by atoms with E-state index in [0.29, 0.717) is 0 Å². The Morgan fingerprint density at radius 3 is 1.65 bits per heavy atom. The minimum Gasteiger partial charge on any atom is -1.00 e. The zero-order chi connectivity index (χ0) is 35.6. The van der Waals surface area contributed by atoms with Crippen LogP contribution < -0.4 is 24.8 Å². The summed E-state index contributed by atoms with van der Waals surface area (Å²) < 4.78 is 1.31. The molecular formula is C47H42Cl4Zr-2. The molecule has 0 aliphatic heterocycles. The van der Waals surface area contributed by atoms with E-state index in [2.05, 4.69) is 139 Å². The van der Waals surface area contributed by atoms with Crippen LogP contribution in [0.5, 0.6) is 0 Å². The van der Waals surface area contributed by atoms with Gasteiger partial charge in [-0.2, -0.15) is 29.8 Å².